The van der Waals surface area contributed by atoms with Crippen LogP contribution in [-0.4, -0.2) is 61.5 Å². The summed E-state index contributed by atoms with van der Waals surface area (Å²) in [5, 5.41) is 10.9. The van der Waals surface area contributed by atoms with Gasteiger partial charge in [-0.1, -0.05) is 23.4 Å². The van der Waals surface area contributed by atoms with Crippen LogP contribution in [0.15, 0.2) is 51.4 Å². The molecule has 1 aliphatic heterocycles. The van der Waals surface area contributed by atoms with Crippen molar-refractivity contribution >= 4 is 34.1 Å². The summed E-state index contributed by atoms with van der Waals surface area (Å²) in [5.41, 5.74) is 0.129. The van der Waals surface area contributed by atoms with Gasteiger partial charge in [0.25, 0.3) is 5.91 Å². The zero-order chi connectivity index (χ0) is 26.1. The number of benzene rings is 1. The number of rotatable bonds is 7. The lowest BCUT2D eigenvalue weighted by Crippen LogP contribution is -2.28. The molecule has 12 heteroatoms. The molecule has 1 atom stereocenters. The second-order valence-corrected chi connectivity index (χ2v) is 11.6. The van der Waals surface area contributed by atoms with Crippen LogP contribution >= 0.6 is 10.6 Å². The fraction of sp³-hybridized carbons (Fsp3) is 0.417. The molecule has 1 amide bonds. The molecule has 3 N–H and O–H groups in total. The normalized spacial score (nSPS) is 18.4. The molecule has 0 unspecified atom stereocenters. The van der Waals surface area contributed by atoms with Crippen LogP contribution in [-0.2, 0) is 19.1 Å². The van der Waals surface area contributed by atoms with E-state index < -0.39 is 28.2 Å². The molecule has 0 saturated carbocycles. The Labute approximate surface area is 210 Å². The van der Waals surface area contributed by atoms with Gasteiger partial charge >= 0.3 is 6.09 Å². The summed E-state index contributed by atoms with van der Waals surface area (Å²) in [6, 6.07) is 7.78. The van der Waals surface area contributed by atoms with Gasteiger partial charge in [-0.05, 0) is 39.8 Å². The molecule has 2 aromatic rings. The van der Waals surface area contributed by atoms with Crippen LogP contribution in [0.2, 0.25) is 0 Å². The molecule has 4 rings (SSSR count). The largest absolute Gasteiger partial charge is 0.442 e. The van der Waals surface area contributed by atoms with Crippen molar-refractivity contribution in [3.05, 3.63) is 52.6 Å². The van der Waals surface area contributed by atoms with Crippen molar-refractivity contribution in [1.82, 2.24) is 9.78 Å². The molecule has 1 fully saturated rings. The maximum atomic E-state index is 13.2. The van der Waals surface area contributed by atoms with E-state index in [0.717, 1.165) is 4.68 Å². The fourth-order valence-electron chi connectivity index (χ4n) is 3.38. The van der Waals surface area contributed by atoms with Crippen molar-refractivity contribution in [2.24, 2.45) is 5.16 Å². The lowest BCUT2D eigenvalue weighted by Gasteiger charge is -2.30. The van der Waals surface area contributed by atoms with E-state index in [9.17, 15) is 18.7 Å². The van der Waals surface area contributed by atoms with Crippen LogP contribution < -0.4 is 5.32 Å². The smallest absolute Gasteiger partial charge is 0.435 e. The van der Waals surface area contributed by atoms with Crippen LogP contribution in [0.3, 0.4) is 0 Å². The SMILES string of the molecule is Cc1cc(NC(=O)C(=NO[C@@H]2CCOC2)c2ccc(S(O)(O)C3=CC3)cc2)nn1C(=O)OC(C)(C)C. The summed E-state index contributed by atoms with van der Waals surface area (Å²) in [5.74, 6) is -0.487. The minimum absolute atomic E-state index is 0.0416. The van der Waals surface area contributed by atoms with Crippen molar-refractivity contribution in [3.8, 4) is 0 Å². The Bertz CT molecular complexity index is 1210. The van der Waals surface area contributed by atoms with Gasteiger partial charge in [-0.25, -0.2) is 4.79 Å². The van der Waals surface area contributed by atoms with Crippen molar-refractivity contribution in [2.75, 3.05) is 18.5 Å². The van der Waals surface area contributed by atoms with Crippen molar-refractivity contribution < 1.29 is 33.0 Å². The molecule has 1 aromatic heterocycles. The molecular formula is C24H30N4O7S. The van der Waals surface area contributed by atoms with E-state index in [-0.39, 0.29) is 17.6 Å². The summed E-state index contributed by atoms with van der Waals surface area (Å²) in [6.07, 6.45) is 2.03. The molecule has 194 valence electrons. The van der Waals surface area contributed by atoms with Crippen LogP contribution in [0, 0.1) is 6.92 Å². The lowest BCUT2D eigenvalue weighted by atomic mass is 10.1. The van der Waals surface area contributed by atoms with E-state index in [1.54, 1.807) is 58.0 Å². The van der Waals surface area contributed by atoms with Crippen molar-refractivity contribution in [1.29, 1.82) is 0 Å². The van der Waals surface area contributed by atoms with Crippen LogP contribution in [0.1, 0.15) is 44.9 Å². The van der Waals surface area contributed by atoms with Crippen LogP contribution in [0.5, 0.6) is 0 Å². The maximum Gasteiger partial charge on any atom is 0.435 e. The summed E-state index contributed by atoms with van der Waals surface area (Å²) < 4.78 is 32.6. The molecule has 36 heavy (non-hydrogen) atoms. The molecule has 0 bridgehead atoms. The number of oxime groups is 1. The Kier molecular flexibility index (Phi) is 7.23. The number of amides is 1. The minimum Gasteiger partial charge on any atom is -0.442 e. The predicted molar refractivity (Wildman–Crippen MR) is 134 cm³/mol. The number of nitrogens with one attached hydrogen (secondary N) is 1. The quantitative estimate of drug-likeness (QED) is 0.358. The van der Waals surface area contributed by atoms with E-state index in [4.69, 9.17) is 14.3 Å². The third-order valence-electron chi connectivity index (χ3n) is 5.28. The Morgan fingerprint density at radius 1 is 1.25 bits per heavy atom. The van der Waals surface area contributed by atoms with Gasteiger partial charge in [0.05, 0.1) is 18.1 Å². The first-order valence-corrected chi connectivity index (χ1v) is 13.0. The van der Waals surface area contributed by atoms with Gasteiger partial charge in [-0.15, -0.1) is 15.7 Å². The predicted octanol–water partition coefficient (Wildman–Crippen LogP) is 4.52. The van der Waals surface area contributed by atoms with Gasteiger partial charge < -0.3 is 19.6 Å². The Morgan fingerprint density at radius 3 is 2.53 bits per heavy atom. The Morgan fingerprint density at radius 2 is 1.94 bits per heavy atom. The average Bonchev–Trinajstić information content (AvgIpc) is 3.42. The first-order valence-electron chi connectivity index (χ1n) is 11.4. The number of allylic oxidation sites excluding steroid dienone is 2. The summed E-state index contributed by atoms with van der Waals surface area (Å²) >= 11 is 0. The first kappa shape index (κ1) is 25.9. The molecule has 2 heterocycles. The summed E-state index contributed by atoms with van der Waals surface area (Å²) in [7, 11) is -3.01. The van der Waals surface area contributed by atoms with Gasteiger partial charge in [0.15, 0.2) is 17.6 Å². The standard InChI is InChI=1S/C24H30N4O7S/c1-15-13-20(26-28(15)23(30)34-24(2,3)4)25-22(29)21(27-35-17-11-12-33-14-17)16-5-7-18(8-6-16)36(31,32)19-9-10-19/h5-9,13,17,31-32H,10-12,14H2,1-4H3,(H,25,26,29)/t17-/m1/s1. The Balaban J connectivity index is 1.56. The van der Waals surface area contributed by atoms with E-state index in [1.807, 2.05) is 0 Å². The molecule has 2 aliphatic rings. The topological polar surface area (TPSA) is 144 Å². The number of aryl methyl sites for hydroxylation is 1. The van der Waals surface area contributed by atoms with E-state index in [1.165, 1.54) is 6.07 Å². The number of anilines is 1. The van der Waals surface area contributed by atoms with Crippen LogP contribution in [0.25, 0.3) is 0 Å². The lowest BCUT2D eigenvalue weighted by molar-refractivity contribution is -0.110. The van der Waals surface area contributed by atoms with Gasteiger partial charge in [-0.2, -0.15) is 4.68 Å². The Hall–Kier alpha value is -3.19. The second-order valence-electron chi connectivity index (χ2n) is 9.50. The third kappa shape index (κ3) is 6.13. The van der Waals surface area contributed by atoms with Gasteiger partial charge in [0, 0.05) is 35.1 Å². The number of nitrogens with zero attached hydrogens (tertiary/aromatic N) is 3. The van der Waals surface area contributed by atoms with E-state index in [2.05, 4.69) is 15.6 Å². The molecule has 1 aromatic carbocycles. The average molecular weight is 519 g/mol. The van der Waals surface area contributed by atoms with Crippen molar-refractivity contribution in [2.45, 2.75) is 57.1 Å². The molecule has 0 radical (unpaired) electrons. The molecule has 11 nitrogen and oxygen atoms in total. The number of hydrogen-bond acceptors (Lipinski definition) is 9. The number of hydrogen-bond donors (Lipinski definition) is 3. The van der Waals surface area contributed by atoms with Gasteiger partial charge in [0.2, 0.25) is 0 Å². The number of carbonyl (C=O) groups is 2. The second kappa shape index (κ2) is 10.1. The highest BCUT2D eigenvalue weighted by molar-refractivity contribution is 8.27. The first-order chi connectivity index (χ1) is 16.9. The highest BCUT2D eigenvalue weighted by Crippen LogP contribution is 2.61. The van der Waals surface area contributed by atoms with Crippen LogP contribution in [0.4, 0.5) is 10.6 Å². The monoisotopic (exact) mass is 518 g/mol. The molecule has 0 spiro atoms. The number of ether oxygens (including phenoxy) is 2. The molecule has 1 aliphatic carbocycles. The zero-order valence-corrected chi connectivity index (χ0v) is 21.4. The highest BCUT2D eigenvalue weighted by Gasteiger charge is 2.28. The van der Waals surface area contributed by atoms with E-state index in [0.29, 0.717) is 47.1 Å². The molecule has 1 saturated heterocycles. The maximum absolute atomic E-state index is 13.2. The third-order valence-corrected chi connectivity index (χ3v) is 7.28. The summed E-state index contributed by atoms with van der Waals surface area (Å²) in [6.45, 7) is 7.82. The summed E-state index contributed by atoms with van der Waals surface area (Å²) in [4.78, 5) is 32.1. The number of aromatic nitrogens is 2. The highest BCUT2D eigenvalue weighted by atomic mass is 32.3. The minimum atomic E-state index is -3.01. The van der Waals surface area contributed by atoms with Gasteiger partial charge in [0.1, 0.15) is 5.60 Å². The zero-order valence-electron chi connectivity index (χ0n) is 20.6. The van der Waals surface area contributed by atoms with Crippen molar-refractivity contribution in [3.63, 3.8) is 0 Å². The van der Waals surface area contributed by atoms with Gasteiger partial charge in [-0.3, -0.25) is 13.9 Å². The fourth-order valence-corrected chi connectivity index (χ4v) is 4.74. The molecular weight excluding hydrogens is 488 g/mol. The number of carbonyl (C=O) groups excluding carboxylic acids is 2. The van der Waals surface area contributed by atoms with E-state index >= 15 is 0 Å².